The molecular weight excluding hydrogens is 366 g/mol. The van der Waals surface area contributed by atoms with Crippen LogP contribution < -0.4 is 10.1 Å². The molecule has 1 heterocycles. The first kappa shape index (κ1) is 18.5. The predicted octanol–water partition coefficient (Wildman–Crippen LogP) is 4.68. The highest BCUT2D eigenvalue weighted by Crippen LogP contribution is 2.28. The third kappa shape index (κ3) is 4.12. The Labute approximate surface area is 159 Å². The summed E-state index contributed by atoms with van der Waals surface area (Å²) in [6, 6.07) is 11.9. The number of nitro benzene ring substituents is 1. The number of hydrogen-bond acceptors (Lipinski definition) is 6. The van der Waals surface area contributed by atoms with E-state index in [4.69, 9.17) is 4.74 Å². The molecule has 0 aliphatic carbocycles. The molecule has 0 radical (unpaired) electrons. The van der Waals surface area contributed by atoms with Gasteiger partial charge in [0, 0.05) is 28.1 Å². The van der Waals surface area contributed by atoms with E-state index >= 15 is 0 Å². The summed E-state index contributed by atoms with van der Waals surface area (Å²) in [4.78, 5) is 27.4. The lowest BCUT2D eigenvalue weighted by molar-refractivity contribution is -0.385. The number of thiazole rings is 1. The van der Waals surface area contributed by atoms with Gasteiger partial charge in [0.05, 0.1) is 17.2 Å². The topological polar surface area (TPSA) is 94.4 Å². The lowest BCUT2D eigenvalue weighted by atomic mass is 10.1. The Morgan fingerprint density at radius 1 is 1.26 bits per heavy atom. The van der Waals surface area contributed by atoms with Crippen molar-refractivity contribution in [2.24, 2.45) is 0 Å². The minimum atomic E-state index is -0.500. The smallest absolute Gasteiger partial charge is 0.273 e. The minimum Gasteiger partial charge on any atom is -0.494 e. The van der Waals surface area contributed by atoms with E-state index in [0.29, 0.717) is 17.3 Å². The monoisotopic (exact) mass is 383 g/mol. The van der Waals surface area contributed by atoms with Crippen LogP contribution in [0.25, 0.3) is 11.3 Å². The molecule has 0 atom stereocenters. The number of nitrogens with zero attached hydrogens (tertiary/aromatic N) is 2. The maximum absolute atomic E-state index is 12.5. The first-order valence-electron chi connectivity index (χ1n) is 8.23. The van der Waals surface area contributed by atoms with Crippen LogP contribution in [0.1, 0.15) is 22.8 Å². The van der Waals surface area contributed by atoms with E-state index < -0.39 is 10.8 Å². The molecule has 0 bridgehead atoms. The predicted molar refractivity (Wildman–Crippen MR) is 105 cm³/mol. The number of rotatable bonds is 6. The van der Waals surface area contributed by atoms with Crippen LogP contribution in [0, 0.1) is 17.0 Å². The summed E-state index contributed by atoms with van der Waals surface area (Å²) in [5.41, 5.74) is 2.12. The molecule has 1 amide bonds. The Bertz CT molecular complexity index is 983. The highest BCUT2D eigenvalue weighted by Gasteiger charge is 2.19. The number of carbonyl (C=O) groups is 1. The number of carbonyl (C=O) groups excluding carboxylic acids is 1. The first-order chi connectivity index (χ1) is 13.0. The molecule has 2 aromatic carbocycles. The number of hydrogen-bond donors (Lipinski definition) is 1. The number of anilines is 1. The quantitative estimate of drug-likeness (QED) is 0.493. The molecule has 7 nitrogen and oxygen atoms in total. The number of amides is 1. The maximum Gasteiger partial charge on any atom is 0.273 e. The Kier molecular flexibility index (Phi) is 5.46. The number of ether oxygens (including phenoxy) is 1. The molecule has 0 aliphatic rings. The Morgan fingerprint density at radius 2 is 2.00 bits per heavy atom. The van der Waals surface area contributed by atoms with E-state index in [1.165, 1.54) is 23.5 Å². The molecule has 1 aromatic heterocycles. The Morgan fingerprint density at radius 3 is 2.67 bits per heavy atom. The van der Waals surface area contributed by atoms with Gasteiger partial charge in [0.1, 0.15) is 5.75 Å². The molecule has 0 saturated carbocycles. The number of nitrogens with one attached hydrogen (secondary N) is 1. The average molecular weight is 383 g/mol. The largest absolute Gasteiger partial charge is 0.494 e. The number of nitro groups is 1. The van der Waals surface area contributed by atoms with Crippen LogP contribution in [0.15, 0.2) is 47.8 Å². The van der Waals surface area contributed by atoms with Gasteiger partial charge in [0.15, 0.2) is 5.13 Å². The fourth-order valence-corrected chi connectivity index (χ4v) is 3.30. The van der Waals surface area contributed by atoms with Gasteiger partial charge in [-0.3, -0.25) is 20.2 Å². The molecule has 27 heavy (non-hydrogen) atoms. The molecule has 8 heteroatoms. The normalized spacial score (nSPS) is 10.4. The van der Waals surface area contributed by atoms with Crippen LogP contribution in [0.5, 0.6) is 5.75 Å². The van der Waals surface area contributed by atoms with Gasteiger partial charge in [-0.25, -0.2) is 4.98 Å². The van der Waals surface area contributed by atoms with Crippen LogP contribution in [-0.2, 0) is 0 Å². The second-order valence-electron chi connectivity index (χ2n) is 5.66. The third-order valence-electron chi connectivity index (χ3n) is 3.93. The molecule has 0 unspecified atom stereocenters. The van der Waals surface area contributed by atoms with E-state index in [1.807, 2.05) is 36.6 Å². The summed E-state index contributed by atoms with van der Waals surface area (Å²) in [7, 11) is 0. The zero-order valence-corrected chi connectivity index (χ0v) is 15.6. The van der Waals surface area contributed by atoms with Crippen LogP contribution in [0.2, 0.25) is 0 Å². The Hall–Kier alpha value is -3.26. The van der Waals surface area contributed by atoms with E-state index in [9.17, 15) is 14.9 Å². The summed E-state index contributed by atoms with van der Waals surface area (Å²) < 4.78 is 5.42. The van der Waals surface area contributed by atoms with E-state index in [2.05, 4.69) is 10.3 Å². The molecule has 0 spiro atoms. The van der Waals surface area contributed by atoms with Crippen molar-refractivity contribution in [3.05, 3.63) is 69.1 Å². The summed E-state index contributed by atoms with van der Waals surface area (Å²) >= 11 is 1.29. The van der Waals surface area contributed by atoms with Crippen LogP contribution in [-0.4, -0.2) is 22.4 Å². The van der Waals surface area contributed by atoms with Crippen molar-refractivity contribution < 1.29 is 14.5 Å². The van der Waals surface area contributed by atoms with E-state index in [-0.39, 0.29) is 11.3 Å². The summed E-state index contributed by atoms with van der Waals surface area (Å²) in [5.74, 6) is 0.356. The fraction of sp³-hybridized carbons (Fsp3) is 0.158. The third-order valence-corrected chi connectivity index (χ3v) is 4.69. The second-order valence-corrected chi connectivity index (χ2v) is 6.51. The van der Waals surface area contributed by atoms with Crippen molar-refractivity contribution in [2.45, 2.75) is 13.8 Å². The van der Waals surface area contributed by atoms with Crippen molar-refractivity contribution in [2.75, 3.05) is 11.9 Å². The maximum atomic E-state index is 12.5. The van der Waals surface area contributed by atoms with Gasteiger partial charge in [0.2, 0.25) is 0 Å². The minimum absolute atomic E-state index is 0.0862. The van der Waals surface area contributed by atoms with Gasteiger partial charge in [-0.1, -0.05) is 6.07 Å². The zero-order chi connectivity index (χ0) is 19.4. The van der Waals surface area contributed by atoms with Gasteiger partial charge in [0.25, 0.3) is 11.6 Å². The van der Waals surface area contributed by atoms with E-state index in [1.54, 1.807) is 13.0 Å². The lowest BCUT2D eigenvalue weighted by Gasteiger charge is -2.06. The van der Waals surface area contributed by atoms with Crippen molar-refractivity contribution >= 4 is 28.1 Å². The summed E-state index contributed by atoms with van der Waals surface area (Å²) in [6.45, 7) is 4.08. The first-order valence-corrected chi connectivity index (χ1v) is 9.11. The summed E-state index contributed by atoms with van der Waals surface area (Å²) in [5, 5.41) is 16.0. The van der Waals surface area contributed by atoms with Gasteiger partial charge in [-0.2, -0.15) is 0 Å². The number of aromatic nitrogens is 1. The molecule has 1 N–H and O–H groups in total. The van der Waals surface area contributed by atoms with Crippen LogP contribution >= 0.6 is 11.3 Å². The lowest BCUT2D eigenvalue weighted by Crippen LogP contribution is -2.14. The molecule has 3 rings (SSSR count). The highest BCUT2D eigenvalue weighted by molar-refractivity contribution is 7.14. The average Bonchev–Trinajstić information content (AvgIpc) is 3.11. The highest BCUT2D eigenvalue weighted by atomic mass is 32.1. The van der Waals surface area contributed by atoms with Gasteiger partial charge < -0.3 is 4.74 Å². The molecule has 0 aliphatic heterocycles. The van der Waals surface area contributed by atoms with Crippen molar-refractivity contribution in [1.29, 1.82) is 0 Å². The van der Waals surface area contributed by atoms with Crippen molar-refractivity contribution in [3.8, 4) is 17.0 Å². The molecule has 0 saturated heterocycles. The molecule has 0 fully saturated rings. The molecule has 138 valence electrons. The Balaban J connectivity index is 1.77. The van der Waals surface area contributed by atoms with Gasteiger partial charge in [-0.15, -0.1) is 11.3 Å². The van der Waals surface area contributed by atoms with Crippen molar-refractivity contribution in [3.63, 3.8) is 0 Å². The SMILES string of the molecule is CCOc1ccc(-c2csc(NC(=O)c3cccc([N+](=O)[O-])c3C)n2)cc1. The fourth-order valence-electron chi connectivity index (χ4n) is 2.58. The van der Waals surface area contributed by atoms with Crippen LogP contribution in [0.3, 0.4) is 0 Å². The second kappa shape index (κ2) is 7.96. The molecular formula is C19H17N3O4S. The van der Waals surface area contributed by atoms with Crippen LogP contribution in [0.4, 0.5) is 10.8 Å². The summed E-state index contributed by atoms with van der Waals surface area (Å²) in [6.07, 6.45) is 0. The van der Waals surface area contributed by atoms with Crippen molar-refractivity contribution in [1.82, 2.24) is 4.98 Å². The van der Waals surface area contributed by atoms with E-state index in [0.717, 1.165) is 17.0 Å². The zero-order valence-electron chi connectivity index (χ0n) is 14.8. The van der Waals surface area contributed by atoms with Gasteiger partial charge in [-0.05, 0) is 44.2 Å². The van der Waals surface area contributed by atoms with Gasteiger partial charge >= 0.3 is 0 Å². The molecule has 3 aromatic rings. The number of benzene rings is 2. The standard InChI is InChI=1S/C19H17N3O4S/c1-3-26-14-9-7-13(8-10-14)16-11-27-19(20-16)21-18(23)15-5-4-6-17(12(15)2)22(24)25/h4-11H,3H2,1-2H3,(H,20,21,23).